The minimum absolute atomic E-state index is 0.0283. The lowest BCUT2D eigenvalue weighted by molar-refractivity contribution is -0.393. The zero-order valence-electron chi connectivity index (χ0n) is 8.82. The SMILES string of the molecule is CC=O.NNc1ccc([N+](=O)[O-])cc1[N+](=O)[O-]. The zero-order valence-corrected chi connectivity index (χ0v) is 8.82. The number of nitrogens with two attached hydrogens (primary N) is 1. The van der Waals surface area contributed by atoms with E-state index in [1.54, 1.807) is 0 Å². The molecule has 9 nitrogen and oxygen atoms in total. The molecule has 0 spiro atoms. The Labute approximate surface area is 95.5 Å². The first-order valence-electron chi connectivity index (χ1n) is 4.27. The van der Waals surface area contributed by atoms with Crippen molar-refractivity contribution in [1.29, 1.82) is 0 Å². The van der Waals surface area contributed by atoms with Crippen molar-refractivity contribution >= 4 is 23.3 Å². The number of nitrogen functional groups attached to an aromatic ring is 1. The Morgan fingerprint density at radius 1 is 1.29 bits per heavy atom. The van der Waals surface area contributed by atoms with Crippen molar-refractivity contribution in [2.75, 3.05) is 5.43 Å². The van der Waals surface area contributed by atoms with Crippen molar-refractivity contribution < 1.29 is 14.6 Å². The molecule has 0 bridgehead atoms. The van der Waals surface area contributed by atoms with Gasteiger partial charge in [0.25, 0.3) is 5.69 Å². The first kappa shape index (κ1) is 14.5. The molecular weight excluding hydrogens is 232 g/mol. The van der Waals surface area contributed by atoms with Gasteiger partial charge in [-0.05, 0) is 13.0 Å². The minimum atomic E-state index is -0.748. The van der Waals surface area contributed by atoms with Crippen LogP contribution in [-0.2, 0) is 4.79 Å². The third-order valence-corrected chi connectivity index (χ3v) is 1.54. The average Bonchev–Trinajstić information content (AvgIpc) is 2.29. The first-order chi connectivity index (χ1) is 7.97. The molecule has 0 saturated carbocycles. The molecule has 0 aliphatic carbocycles. The molecule has 3 N–H and O–H groups in total. The Morgan fingerprint density at radius 3 is 2.18 bits per heavy atom. The highest BCUT2D eigenvalue weighted by Gasteiger charge is 2.18. The predicted octanol–water partition coefficient (Wildman–Crippen LogP) is 0.994. The highest BCUT2D eigenvalue weighted by Crippen LogP contribution is 2.27. The zero-order chi connectivity index (χ0) is 13.4. The number of rotatable bonds is 3. The second-order valence-corrected chi connectivity index (χ2v) is 2.60. The molecule has 0 radical (unpaired) electrons. The van der Waals surface area contributed by atoms with Gasteiger partial charge in [0.15, 0.2) is 0 Å². The number of nitro groups is 2. The van der Waals surface area contributed by atoms with Gasteiger partial charge in [0.05, 0.1) is 15.9 Å². The lowest BCUT2D eigenvalue weighted by Gasteiger charge is -2.00. The molecule has 0 amide bonds. The van der Waals surface area contributed by atoms with Gasteiger partial charge < -0.3 is 10.2 Å². The molecule has 0 saturated heterocycles. The number of nitrogens with zero attached hydrogens (tertiary/aromatic N) is 2. The van der Waals surface area contributed by atoms with E-state index in [9.17, 15) is 20.2 Å². The fraction of sp³-hybridized carbons (Fsp3) is 0.125. The summed E-state index contributed by atoms with van der Waals surface area (Å²) in [5.74, 6) is 4.99. The largest absolute Gasteiger partial charge is 0.318 e. The van der Waals surface area contributed by atoms with E-state index in [0.29, 0.717) is 0 Å². The van der Waals surface area contributed by atoms with E-state index >= 15 is 0 Å². The van der Waals surface area contributed by atoms with Crippen LogP contribution < -0.4 is 11.3 Å². The van der Waals surface area contributed by atoms with Crippen LogP contribution in [0.4, 0.5) is 17.1 Å². The lowest BCUT2D eigenvalue weighted by Crippen LogP contribution is -2.09. The number of hydrogen-bond acceptors (Lipinski definition) is 7. The average molecular weight is 242 g/mol. The molecule has 0 aliphatic heterocycles. The summed E-state index contributed by atoms with van der Waals surface area (Å²) in [5, 5.41) is 20.7. The smallest absolute Gasteiger partial charge is 0.300 e. The van der Waals surface area contributed by atoms with Crippen LogP contribution in [0.15, 0.2) is 18.2 Å². The van der Waals surface area contributed by atoms with Crippen LogP contribution in [0.2, 0.25) is 0 Å². The third kappa shape index (κ3) is 4.22. The summed E-state index contributed by atoms with van der Waals surface area (Å²) in [6.45, 7) is 1.44. The van der Waals surface area contributed by atoms with Crippen molar-refractivity contribution in [3.8, 4) is 0 Å². The van der Waals surface area contributed by atoms with Gasteiger partial charge in [0, 0.05) is 6.07 Å². The van der Waals surface area contributed by atoms with E-state index in [2.05, 4.69) is 5.43 Å². The number of non-ortho nitro benzene ring substituents is 1. The molecule has 0 atom stereocenters. The van der Waals surface area contributed by atoms with Gasteiger partial charge in [-0.25, -0.2) is 0 Å². The normalized spacial score (nSPS) is 8.59. The molecule has 0 unspecified atom stereocenters. The van der Waals surface area contributed by atoms with Gasteiger partial charge in [-0.2, -0.15) is 0 Å². The summed E-state index contributed by atoms with van der Waals surface area (Å²) in [6, 6.07) is 3.15. The van der Waals surface area contributed by atoms with E-state index in [-0.39, 0.29) is 11.4 Å². The second-order valence-electron chi connectivity index (χ2n) is 2.60. The maximum atomic E-state index is 10.4. The summed E-state index contributed by atoms with van der Waals surface area (Å²) < 4.78 is 0. The maximum absolute atomic E-state index is 10.4. The molecule has 1 aromatic carbocycles. The van der Waals surface area contributed by atoms with Crippen LogP contribution in [0.1, 0.15) is 6.92 Å². The topological polar surface area (TPSA) is 141 Å². The maximum Gasteiger partial charge on any atom is 0.300 e. The summed E-state index contributed by atoms with van der Waals surface area (Å²) in [7, 11) is 0. The van der Waals surface area contributed by atoms with Crippen molar-refractivity contribution in [3.63, 3.8) is 0 Å². The molecule has 92 valence electrons. The van der Waals surface area contributed by atoms with Crippen LogP contribution in [0.3, 0.4) is 0 Å². The van der Waals surface area contributed by atoms with Crippen LogP contribution in [0.5, 0.6) is 0 Å². The van der Waals surface area contributed by atoms with Crippen LogP contribution in [0, 0.1) is 20.2 Å². The van der Waals surface area contributed by atoms with Crippen LogP contribution in [0.25, 0.3) is 0 Å². The highest BCUT2D eigenvalue weighted by molar-refractivity contribution is 5.64. The molecular formula is C8H10N4O5. The molecule has 1 aromatic rings. The molecule has 0 aromatic heterocycles. The van der Waals surface area contributed by atoms with Gasteiger partial charge in [-0.15, -0.1) is 0 Å². The Balaban J connectivity index is 0.000000770. The van der Waals surface area contributed by atoms with Crippen molar-refractivity contribution in [3.05, 3.63) is 38.4 Å². The summed E-state index contributed by atoms with van der Waals surface area (Å²) in [6.07, 6.45) is 0.750. The van der Waals surface area contributed by atoms with E-state index in [4.69, 9.17) is 10.6 Å². The third-order valence-electron chi connectivity index (χ3n) is 1.54. The van der Waals surface area contributed by atoms with Crippen LogP contribution >= 0.6 is 0 Å². The Kier molecular flexibility index (Phi) is 5.82. The molecule has 1 rings (SSSR count). The molecule has 0 fully saturated rings. The molecule has 0 aliphatic rings. The van der Waals surface area contributed by atoms with E-state index < -0.39 is 15.5 Å². The number of nitrogens with one attached hydrogen (secondary N) is 1. The molecule has 9 heteroatoms. The number of anilines is 1. The standard InChI is InChI=1S/C6H6N4O4.C2H4O/c7-8-5-2-1-4(9(11)12)3-6(5)10(13)14;1-2-3/h1-3,8H,7H2;2H,1H3. The van der Waals surface area contributed by atoms with Gasteiger partial charge in [-0.3, -0.25) is 26.1 Å². The Bertz CT molecular complexity index is 434. The van der Waals surface area contributed by atoms with Crippen molar-refractivity contribution in [2.24, 2.45) is 5.84 Å². The number of nitro benzene ring substituents is 2. The van der Waals surface area contributed by atoms with Gasteiger partial charge >= 0.3 is 5.69 Å². The number of hydrazine groups is 1. The quantitative estimate of drug-likeness (QED) is 0.348. The van der Waals surface area contributed by atoms with E-state index in [1.165, 1.54) is 13.0 Å². The van der Waals surface area contributed by atoms with Crippen molar-refractivity contribution in [2.45, 2.75) is 6.92 Å². The summed E-state index contributed by atoms with van der Waals surface area (Å²) in [5.41, 5.74) is 1.33. The number of carbonyl (C=O) groups is 1. The van der Waals surface area contributed by atoms with E-state index in [1.807, 2.05) is 0 Å². The van der Waals surface area contributed by atoms with E-state index in [0.717, 1.165) is 18.4 Å². The van der Waals surface area contributed by atoms with Gasteiger partial charge in [-0.1, -0.05) is 0 Å². The van der Waals surface area contributed by atoms with Crippen LogP contribution in [-0.4, -0.2) is 16.1 Å². The summed E-state index contributed by atoms with van der Waals surface area (Å²) >= 11 is 0. The Hall–Kier alpha value is -2.55. The monoisotopic (exact) mass is 242 g/mol. The molecule has 17 heavy (non-hydrogen) atoms. The second kappa shape index (κ2) is 6.85. The Morgan fingerprint density at radius 2 is 1.82 bits per heavy atom. The molecule has 0 heterocycles. The summed E-state index contributed by atoms with van der Waals surface area (Å²) in [4.78, 5) is 28.1. The van der Waals surface area contributed by atoms with Gasteiger partial charge in [0.2, 0.25) is 0 Å². The van der Waals surface area contributed by atoms with Gasteiger partial charge in [0.1, 0.15) is 12.0 Å². The lowest BCUT2D eigenvalue weighted by atomic mass is 10.2. The predicted molar refractivity (Wildman–Crippen MR) is 59.3 cm³/mol. The fourth-order valence-electron chi connectivity index (χ4n) is 0.907. The number of benzene rings is 1. The highest BCUT2D eigenvalue weighted by atomic mass is 16.6. The fourth-order valence-corrected chi connectivity index (χ4v) is 0.907. The number of carbonyl (C=O) groups excluding carboxylic acids is 1. The number of hydrogen-bond donors (Lipinski definition) is 2. The number of aldehydes is 1. The first-order valence-corrected chi connectivity index (χ1v) is 4.27. The minimum Gasteiger partial charge on any atom is -0.318 e. The van der Waals surface area contributed by atoms with Crippen molar-refractivity contribution in [1.82, 2.24) is 0 Å².